The van der Waals surface area contributed by atoms with Crippen LogP contribution in [0.5, 0.6) is 0 Å². The van der Waals surface area contributed by atoms with Crippen molar-refractivity contribution in [1.82, 2.24) is 0 Å². The maximum absolute atomic E-state index is 11.1. The lowest BCUT2D eigenvalue weighted by Gasteiger charge is -2.08. The molecule has 0 unspecified atom stereocenters. The molecule has 0 radical (unpaired) electrons. The van der Waals surface area contributed by atoms with Gasteiger partial charge in [0.1, 0.15) is 6.07 Å². The third-order valence-corrected chi connectivity index (χ3v) is 2.34. The number of hydrogen-bond donors (Lipinski definition) is 2. The van der Waals surface area contributed by atoms with E-state index in [2.05, 4.69) is 11.4 Å². The second-order valence-corrected chi connectivity index (χ2v) is 3.75. The molecule has 0 saturated carbocycles. The largest absolute Gasteiger partial charge is 0.466 e. The lowest BCUT2D eigenvalue weighted by molar-refractivity contribution is -0.143. The van der Waals surface area contributed by atoms with Crippen LogP contribution in [0.3, 0.4) is 0 Å². The topological polar surface area (TPSA) is 88.1 Å². The number of hydrogen-bond acceptors (Lipinski definition) is 5. The molecular weight excluding hydrogens is 230 g/mol. The van der Waals surface area contributed by atoms with Crippen LogP contribution in [0, 0.1) is 11.3 Å². The Hall–Kier alpha value is -2.22. The van der Waals surface area contributed by atoms with E-state index in [4.69, 9.17) is 15.7 Å². The molecule has 0 spiro atoms. The Morgan fingerprint density at radius 2 is 2.33 bits per heavy atom. The summed E-state index contributed by atoms with van der Waals surface area (Å²) in [6, 6.07) is 7.18. The highest BCUT2D eigenvalue weighted by molar-refractivity contribution is 5.69. The first kappa shape index (κ1) is 13.8. The van der Waals surface area contributed by atoms with Gasteiger partial charge in [0, 0.05) is 18.7 Å². The lowest BCUT2D eigenvalue weighted by Crippen LogP contribution is -2.09. The highest BCUT2D eigenvalue weighted by Gasteiger charge is 2.03. The molecule has 3 N–H and O–H groups in total. The van der Waals surface area contributed by atoms with Crippen molar-refractivity contribution >= 4 is 17.3 Å². The van der Waals surface area contributed by atoms with Gasteiger partial charge in [-0.05, 0) is 31.5 Å². The van der Waals surface area contributed by atoms with E-state index in [1.165, 1.54) is 0 Å². The van der Waals surface area contributed by atoms with Gasteiger partial charge in [0.05, 0.1) is 17.9 Å². The summed E-state index contributed by atoms with van der Waals surface area (Å²) in [4.78, 5) is 11.1. The molecule has 5 nitrogen and oxygen atoms in total. The molecule has 0 bridgehead atoms. The van der Waals surface area contributed by atoms with Crippen molar-refractivity contribution in [3.05, 3.63) is 23.8 Å². The Labute approximate surface area is 107 Å². The zero-order chi connectivity index (χ0) is 13.4. The molecule has 0 aliphatic carbocycles. The molecule has 0 amide bonds. The van der Waals surface area contributed by atoms with E-state index in [-0.39, 0.29) is 5.97 Å². The molecule has 1 aromatic rings. The van der Waals surface area contributed by atoms with E-state index in [1.807, 2.05) is 0 Å². The second kappa shape index (κ2) is 7.17. The van der Waals surface area contributed by atoms with E-state index >= 15 is 0 Å². The van der Waals surface area contributed by atoms with Gasteiger partial charge < -0.3 is 15.8 Å². The first-order valence-electron chi connectivity index (χ1n) is 5.86. The molecule has 0 fully saturated rings. The minimum Gasteiger partial charge on any atom is -0.466 e. The molecule has 1 aromatic carbocycles. The van der Waals surface area contributed by atoms with Crippen LogP contribution in [0.1, 0.15) is 25.3 Å². The molecule has 1 rings (SSSR count). The summed E-state index contributed by atoms with van der Waals surface area (Å²) in [5.41, 5.74) is 7.39. The number of ether oxygens (including phenoxy) is 1. The molecule has 0 saturated heterocycles. The van der Waals surface area contributed by atoms with Gasteiger partial charge in [-0.15, -0.1) is 0 Å². The van der Waals surface area contributed by atoms with Gasteiger partial charge in [0.25, 0.3) is 0 Å². The van der Waals surface area contributed by atoms with Crippen LogP contribution in [-0.4, -0.2) is 19.1 Å². The van der Waals surface area contributed by atoms with E-state index in [0.717, 1.165) is 5.69 Å². The van der Waals surface area contributed by atoms with E-state index in [0.29, 0.717) is 37.2 Å². The van der Waals surface area contributed by atoms with Crippen molar-refractivity contribution in [2.75, 3.05) is 24.2 Å². The van der Waals surface area contributed by atoms with Crippen molar-refractivity contribution < 1.29 is 9.53 Å². The number of benzene rings is 1. The molecule has 0 aliphatic rings. The Bertz CT molecular complexity index is 452. The van der Waals surface area contributed by atoms with E-state index < -0.39 is 0 Å². The van der Waals surface area contributed by atoms with Crippen molar-refractivity contribution in [2.45, 2.75) is 19.8 Å². The second-order valence-electron chi connectivity index (χ2n) is 3.75. The molecule has 0 heterocycles. The third-order valence-electron chi connectivity index (χ3n) is 2.34. The van der Waals surface area contributed by atoms with Crippen molar-refractivity contribution in [1.29, 1.82) is 5.26 Å². The highest BCUT2D eigenvalue weighted by Crippen LogP contribution is 2.17. The molecular formula is C13H17N3O2. The van der Waals surface area contributed by atoms with Gasteiger partial charge in [-0.3, -0.25) is 4.79 Å². The SMILES string of the molecule is CCOC(=O)CCCNc1ccc(N)cc1C#N. The van der Waals surface area contributed by atoms with Crippen molar-refractivity contribution in [3.8, 4) is 6.07 Å². The van der Waals surface area contributed by atoms with Crippen molar-refractivity contribution in [2.24, 2.45) is 0 Å². The van der Waals surface area contributed by atoms with Crippen molar-refractivity contribution in [3.63, 3.8) is 0 Å². The van der Waals surface area contributed by atoms with Gasteiger partial charge in [-0.25, -0.2) is 0 Å². The van der Waals surface area contributed by atoms with Crippen LogP contribution in [0.15, 0.2) is 18.2 Å². The van der Waals surface area contributed by atoms with E-state index in [9.17, 15) is 4.79 Å². The summed E-state index contributed by atoms with van der Waals surface area (Å²) in [6.45, 7) is 2.80. The average molecular weight is 247 g/mol. The lowest BCUT2D eigenvalue weighted by atomic mass is 10.1. The zero-order valence-electron chi connectivity index (χ0n) is 10.4. The molecule has 5 heteroatoms. The summed E-state index contributed by atoms with van der Waals surface area (Å²) in [7, 11) is 0. The quantitative estimate of drug-likeness (QED) is 0.455. The summed E-state index contributed by atoms with van der Waals surface area (Å²) >= 11 is 0. The maximum atomic E-state index is 11.1. The number of anilines is 2. The normalized spacial score (nSPS) is 9.56. The van der Waals surface area contributed by atoms with Gasteiger partial charge in [-0.1, -0.05) is 0 Å². The Balaban J connectivity index is 2.40. The average Bonchev–Trinajstić information content (AvgIpc) is 2.36. The fourth-order valence-corrected chi connectivity index (χ4v) is 1.50. The number of nitriles is 1. The smallest absolute Gasteiger partial charge is 0.305 e. The van der Waals surface area contributed by atoms with Crippen LogP contribution >= 0.6 is 0 Å². The van der Waals surface area contributed by atoms with Gasteiger partial charge in [0.15, 0.2) is 0 Å². The summed E-state index contributed by atoms with van der Waals surface area (Å²) in [6.07, 6.45) is 1.03. The molecule has 18 heavy (non-hydrogen) atoms. The number of nitrogens with one attached hydrogen (secondary N) is 1. The van der Waals surface area contributed by atoms with Gasteiger partial charge in [-0.2, -0.15) is 5.26 Å². The number of nitrogens with zero attached hydrogens (tertiary/aromatic N) is 1. The molecule has 0 atom stereocenters. The molecule has 0 aromatic heterocycles. The summed E-state index contributed by atoms with van der Waals surface area (Å²) in [5, 5.41) is 12.0. The maximum Gasteiger partial charge on any atom is 0.305 e. The molecule has 0 aliphatic heterocycles. The number of carbonyl (C=O) groups is 1. The molecule has 96 valence electrons. The van der Waals surface area contributed by atoms with Crippen LogP contribution in [0.2, 0.25) is 0 Å². The fraction of sp³-hybridized carbons (Fsp3) is 0.385. The minimum atomic E-state index is -0.197. The number of nitrogens with two attached hydrogens (primary N) is 1. The predicted octanol–water partition coefficient (Wildman–Crippen LogP) is 1.90. The number of carbonyl (C=O) groups excluding carboxylic acids is 1. The van der Waals surface area contributed by atoms with Gasteiger partial charge in [0.2, 0.25) is 0 Å². The monoisotopic (exact) mass is 247 g/mol. The summed E-state index contributed by atoms with van der Waals surface area (Å²) in [5.74, 6) is -0.197. The van der Waals surface area contributed by atoms with Crippen LogP contribution < -0.4 is 11.1 Å². The summed E-state index contributed by atoms with van der Waals surface area (Å²) < 4.78 is 4.82. The number of nitrogen functional groups attached to an aromatic ring is 1. The first-order valence-corrected chi connectivity index (χ1v) is 5.86. The van der Waals surface area contributed by atoms with Crippen LogP contribution in [0.25, 0.3) is 0 Å². The van der Waals surface area contributed by atoms with Crippen LogP contribution in [-0.2, 0) is 9.53 Å². The van der Waals surface area contributed by atoms with E-state index in [1.54, 1.807) is 25.1 Å². The third kappa shape index (κ3) is 4.34. The predicted molar refractivity (Wildman–Crippen MR) is 69.9 cm³/mol. The van der Waals surface area contributed by atoms with Gasteiger partial charge >= 0.3 is 5.97 Å². The Morgan fingerprint density at radius 1 is 1.56 bits per heavy atom. The Kier molecular flexibility index (Phi) is 5.52. The standard InChI is InChI=1S/C13H17N3O2/c1-2-18-13(17)4-3-7-16-12-6-5-11(15)8-10(12)9-14/h5-6,8,16H,2-4,7,15H2,1H3. The number of rotatable bonds is 6. The minimum absolute atomic E-state index is 0.197. The number of esters is 1. The highest BCUT2D eigenvalue weighted by atomic mass is 16.5. The zero-order valence-corrected chi connectivity index (χ0v) is 10.4. The first-order chi connectivity index (χ1) is 8.67. The fourth-order valence-electron chi connectivity index (χ4n) is 1.50. The van der Waals surface area contributed by atoms with Crippen LogP contribution in [0.4, 0.5) is 11.4 Å². The Morgan fingerprint density at radius 3 is 3.00 bits per heavy atom.